The first-order chi connectivity index (χ1) is 13.8. The number of hydrogen-bond acceptors (Lipinski definition) is 9. The van der Waals surface area contributed by atoms with Crippen molar-refractivity contribution in [2.45, 2.75) is 43.5 Å². The van der Waals surface area contributed by atoms with Gasteiger partial charge in [-0.1, -0.05) is 6.07 Å². The summed E-state index contributed by atoms with van der Waals surface area (Å²) in [5.41, 5.74) is 1.32. The number of rotatable bonds is 3. The van der Waals surface area contributed by atoms with E-state index < -0.39 is 30.7 Å². The maximum Gasteiger partial charge on any atom is 0.228 e. The third-order valence-electron chi connectivity index (χ3n) is 5.15. The average Bonchev–Trinajstić information content (AvgIpc) is 2.70. The van der Waals surface area contributed by atoms with Gasteiger partial charge in [0.1, 0.15) is 41.7 Å². The van der Waals surface area contributed by atoms with Crippen LogP contribution in [0.15, 0.2) is 30.3 Å². The smallest absolute Gasteiger partial charge is 0.228 e. The summed E-state index contributed by atoms with van der Waals surface area (Å²) in [6, 6.07) is 7.24. The maximum absolute atomic E-state index is 10.1. The number of benzene rings is 2. The summed E-state index contributed by atoms with van der Waals surface area (Å²) < 4.78 is 16.9. The second kappa shape index (κ2) is 7.60. The fourth-order valence-electron chi connectivity index (χ4n) is 3.53. The first-order valence-electron chi connectivity index (χ1n) is 9.20. The molecule has 29 heavy (non-hydrogen) atoms. The van der Waals surface area contributed by atoms with Crippen LogP contribution < -0.4 is 9.47 Å². The van der Waals surface area contributed by atoms with Crippen molar-refractivity contribution in [3.05, 3.63) is 41.5 Å². The Kier molecular flexibility index (Phi) is 5.13. The highest BCUT2D eigenvalue weighted by molar-refractivity contribution is 5.52. The molecule has 2 aliphatic heterocycles. The summed E-state index contributed by atoms with van der Waals surface area (Å²) in [4.78, 5) is 0. The van der Waals surface area contributed by atoms with Crippen molar-refractivity contribution < 1.29 is 44.8 Å². The lowest BCUT2D eigenvalue weighted by Crippen LogP contribution is -2.54. The van der Waals surface area contributed by atoms with Crippen LogP contribution in [0.3, 0.4) is 0 Å². The largest absolute Gasteiger partial charge is 0.508 e. The lowest BCUT2D eigenvalue weighted by molar-refractivity contribution is -0.242. The predicted octanol–water partition coefficient (Wildman–Crippen LogP) is 0.687. The molecule has 0 aliphatic carbocycles. The van der Waals surface area contributed by atoms with Gasteiger partial charge in [0.2, 0.25) is 6.29 Å². The molecule has 0 saturated carbocycles. The van der Waals surface area contributed by atoms with Gasteiger partial charge < -0.3 is 44.8 Å². The molecule has 156 valence electrons. The molecule has 9 nitrogen and oxygen atoms in total. The van der Waals surface area contributed by atoms with Gasteiger partial charge in [0, 0.05) is 17.7 Å². The Morgan fingerprint density at radius 2 is 1.72 bits per heavy atom. The average molecular weight is 406 g/mol. The fourth-order valence-corrected chi connectivity index (χ4v) is 3.53. The second-order valence-electron chi connectivity index (χ2n) is 7.18. The maximum atomic E-state index is 10.1. The molecule has 0 amide bonds. The predicted molar refractivity (Wildman–Crippen MR) is 98.0 cm³/mol. The van der Waals surface area contributed by atoms with Crippen molar-refractivity contribution in [2.75, 3.05) is 6.61 Å². The molecule has 4 rings (SSSR count). The first-order valence-corrected chi connectivity index (χ1v) is 9.20. The topological polar surface area (TPSA) is 149 Å². The van der Waals surface area contributed by atoms with Gasteiger partial charge in [-0.25, -0.2) is 0 Å². The van der Waals surface area contributed by atoms with Crippen LogP contribution >= 0.6 is 0 Å². The summed E-state index contributed by atoms with van der Waals surface area (Å²) in [6.07, 6.45) is -4.67. The van der Waals surface area contributed by atoms with Crippen LogP contribution in [0.4, 0.5) is 0 Å². The highest BCUT2D eigenvalue weighted by atomic mass is 16.7. The number of phenolic OH excluding ortho intramolecular Hbond substituents is 3. The standard InChI is InChI=1S/C20H22O9/c21-10-6-16-11(2-4-15(28-16)9-1-3-12(22)13(23)5-9)17(7-10)29-20-19(26)18(25)14(24)8-27-20/h1,3,5-7,14-15,18-26H,2,4,8H2/t14-,15-,18+,19-,20+/m0/s1. The number of aliphatic hydroxyl groups excluding tert-OH is 3. The van der Waals surface area contributed by atoms with Crippen LogP contribution in [-0.2, 0) is 11.2 Å². The molecule has 1 fully saturated rings. The Bertz CT molecular complexity index is 900. The van der Waals surface area contributed by atoms with Gasteiger partial charge in [-0.3, -0.25) is 0 Å². The van der Waals surface area contributed by atoms with Crippen LogP contribution in [0.25, 0.3) is 0 Å². The minimum atomic E-state index is -1.46. The van der Waals surface area contributed by atoms with Gasteiger partial charge in [-0.2, -0.15) is 0 Å². The summed E-state index contributed by atoms with van der Waals surface area (Å²) in [7, 11) is 0. The molecular weight excluding hydrogens is 384 g/mol. The SMILES string of the molecule is Oc1cc(O[C@H]2OC[C@H](O)[C@@H](O)[C@@H]2O)c2c(c1)O[C@H](c1ccc(O)c(O)c1)CC2. The molecule has 1 saturated heterocycles. The quantitative estimate of drug-likeness (QED) is 0.405. The van der Waals surface area contributed by atoms with E-state index in [1.54, 1.807) is 6.07 Å². The van der Waals surface area contributed by atoms with Crippen LogP contribution in [0, 0.1) is 0 Å². The van der Waals surface area contributed by atoms with Gasteiger partial charge in [0.05, 0.1) is 6.61 Å². The monoisotopic (exact) mass is 406 g/mol. The molecule has 2 aliphatic rings. The summed E-state index contributed by atoms with van der Waals surface area (Å²) >= 11 is 0. The Morgan fingerprint density at radius 3 is 2.48 bits per heavy atom. The zero-order valence-electron chi connectivity index (χ0n) is 15.3. The molecule has 9 heteroatoms. The molecule has 2 heterocycles. The van der Waals surface area contributed by atoms with Crippen molar-refractivity contribution >= 4 is 0 Å². The van der Waals surface area contributed by atoms with E-state index >= 15 is 0 Å². The van der Waals surface area contributed by atoms with E-state index in [1.807, 2.05) is 0 Å². The number of fused-ring (bicyclic) bond motifs is 1. The highest BCUT2D eigenvalue weighted by Crippen LogP contribution is 2.43. The van der Waals surface area contributed by atoms with Crippen LogP contribution in [0.2, 0.25) is 0 Å². The molecule has 0 aromatic heterocycles. The van der Waals surface area contributed by atoms with E-state index in [0.29, 0.717) is 29.7 Å². The Hall–Kier alpha value is -2.72. The van der Waals surface area contributed by atoms with Gasteiger partial charge in [-0.05, 0) is 30.5 Å². The summed E-state index contributed by atoms with van der Waals surface area (Å²) in [6.45, 7) is -0.202. The van der Waals surface area contributed by atoms with Crippen molar-refractivity contribution in [2.24, 2.45) is 0 Å². The van der Waals surface area contributed by atoms with Gasteiger partial charge in [-0.15, -0.1) is 0 Å². The molecule has 2 aromatic carbocycles. The minimum absolute atomic E-state index is 0.126. The van der Waals surface area contributed by atoms with E-state index in [1.165, 1.54) is 24.3 Å². The van der Waals surface area contributed by atoms with E-state index in [9.17, 15) is 30.6 Å². The van der Waals surface area contributed by atoms with Crippen LogP contribution in [0.5, 0.6) is 28.7 Å². The summed E-state index contributed by atoms with van der Waals surface area (Å²) in [5, 5.41) is 58.7. The normalized spacial score (nSPS) is 29.0. The Balaban J connectivity index is 1.57. The van der Waals surface area contributed by atoms with Gasteiger partial charge in [0.15, 0.2) is 11.5 Å². The molecule has 6 N–H and O–H groups in total. The molecule has 0 radical (unpaired) electrons. The van der Waals surface area contributed by atoms with E-state index in [-0.39, 0.29) is 29.6 Å². The van der Waals surface area contributed by atoms with E-state index in [0.717, 1.165) is 0 Å². The molecule has 0 bridgehead atoms. The fraction of sp³-hybridized carbons (Fsp3) is 0.400. The van der Waals surface area contributed by atoms with Crippen LogP contribution in [-0.4, -0.2) is 61.8 Å². The molecule has 0 unspecified atom stereocenters. The number of ether oxygens (including phenoxy) is 3. The zero-order chi connectivity index (χ0) is 20.7. The van der Waals surface area contributed by atoms with Crippen LogP contribution in [0.1, 0.15) is 23.7 Å². The Labute approximate surface area is 166 Å². The van der Waals surface area contributed by atoms with Crippen molar-refractivity contribution in [3.8, 4) is 28.7 Å². The van der Waals surface area contributed by atoms with Crippen molar-refractivity contribution in [3.63, 3.8) is 0 Å². The number of aliphatic hydroxyl groups is 3. The lowest BCUT2D eigenvalue weighted by Gasteiger charge is -2.36. The van der Waals surface area contributed by atoms with E-state index in [2.05, 4.69) is 0 Å². The molecule has 2 aromatic rings. The van der Waals surface area contributed by atoms with Crippen molar-refractivity contribution in [1.82, 2.24) is 0 Å². The number of hydrogen-bond donors (Lipinski definition) is 6. The Morgan fingerprint density at radius 1 is 0.931 bits per heavy atom. The second-order valence-corrected chi connectivity index (χ2v) is 7.18. The number of aromatic hydroxyl groups is 3. The zero-order valence-corrected chi connectivity index (χ0v) is 15.3. The van der Waals surface area contributed by atoms with E-state index in [4.69, 9.17) is 14.2 Å². The third kappa shape index (κ3) is 3.77. The third-order valence-corrected chi connectivity index (χ3v) is 5.15. The van der Waals surface area contributed by atoms with Gasteiger partial charge >= 0.3 is 0 Å². The molecular formula is C20H22O9. The molecule has 5 atom stereocenters. The minimum Gasteiger partial charge on any atom is -0.508 e. The lowest BCUT2D eigenvalue weighted by atomic mass is 9.96. The highest BCUT2D eigenvalue weighted by Gasteiger charge is 2.39. The number of phenols is 3. The first kappa shape index (κ1) is 19.6. The summed E-state index contributed by atoms with van der Waals surface area (Å²) in [5.74, 6) is 0.00539. The molecule has 0 spiro atoms. The van der Waals surface area contributed by atoms with Crippen molar-refractivity contribution in [1.29, 1.82) is 0 Å². The van der Waals surface area contributed by atoms with Gasteiger partial charge in [0.25, 0.3) is 0 Å².